The highest BCUT2D eigenvalue weighted by atomic mass is 15.1. The Morgan fingerprint density at radius 3 is 2.67 bits per heavy atom. The highest BCUT2D eigenvalue weighted by Crippen LogP contribution is 2.35. The van der Waals surface area contributed by atoms with Gasteiger partial charge in [-0.1, -0.05) is 19.8 Å². The molecule has 4 atom stereocenters. The van der Waals surface area contributed by atoms with Gasteiger partial charge in [0.2, 0.25) is 0 Å². The van der Waals surface area contributed by atoms with Crippen LogP contribution in [0.3, 0.4) is 0 Å². The van der Waals surface area contributed by atoms with E-state index in [9.17, 15) is 0 Å². The lowest BCUT2D eigenvalue weighted by molar-refractivity contribution is -0.894. The molecule has 70 valence electrons. The molecule has 1 saturated carbocycles. The first-order valence-corrected chi connectivity index (χ1v) is 5.58. The van der Waals surface area contributed by atoms with Crippen molar-refractivity contribution in [2.45, 2.75) is 32.6 Å². The molecule has 1 aliphatic heterocycles. The SMILES string of the molecule is CC1C[NH+](C)CC2CCCCC12. The highest BCUT2D eigenvalue weighted by Gasteiger charge is 2.36. The molecule has 1 aliphatic carbocycles. The van der Waals surface area contributed by atoms with Crippen LogP contribution in [0, 0.1) is 17.8 Å². The molecule has 0 amide bonds. The fourth-order valence-electron chi connectivity index (χ4n) is 3.47. The van der Waals surface area contributed by atoms with Gasteiger partial charge in [0, 0.05) is 11.8 Å². The third-order valence-corrected chi connectivity index (χ3v) is 3.98. The van der Waals surface area contributed by atoms with Gasteiger partial charge < -0.3 is 4.90 Å². The van der Waals surface area contributed by atoms with E-state index in [1.165, 1.54) is 38.8 Å². The predicted octanol–water partition coefficient (Wildman–Crippen LogP) is 0.957. The maximum atomic E-state index is 2.46. The van der Waals surface area contributed by atoms with Crippen LogP contribution in [0.5, 0.6) is 0 Å². The molecule has 1 saturated heterocycles. The van der Waals surface area contributed by atoms with E-state index in [1.54, 1.807) is 4.90 Å². The minimum atomic E-state index is 0.990. The summed E-state index contributed by atoms with van der Waals surface area (Å²) >= 11 is 0. The molecule has 1 nitrogen and oxygen atoms in total. The molecule has 0 bridgehead atoms. The molecule has 1 heteroatoms. The topological polar surface area (TPSA) is 4.44 Å². The van der Waals surface area contributed by atoms with Crippen LogP contribution in [-0.4, -0.2) is 20.1 Å². The molecular weight excluding hydrogens is 146 g/mol. The van der Waals surface area contributed by atoms with E-state index in [1.807, 2.05) is 0 Å². The van der Waals surface area contributed by atoms with Crippen molar-refractivity contribution in [3.63, 3.8) is 0 Å². The van der Waals surface area contributed by atoms with Gasteiger partial charge >= 0.3 is 0 Å². The number of likely N-dealkylation sites (tertiary alicyclic amines) is 1. The van der Waals surface area contributed by atoms with Gasteiger partial charge in [-0.05, 0) is 18.8 Å². The van der Waals surface area contributed by atoms with Gasteiger partial charge in [-0.15, -0.1) is 0 Å². The van der Waals surface area contributed by atoms with E-state index in [-0.39, 0.29) is 0 Å². The molecule has 1 N–H and O–H groups in total. The summed E-state index contributed by atoms with van der Waals surface area (Å²) in [5.41, 5.74) is 0. The maximum absolute atomic E-state index is 2.46. The summed E-state index contributed by atoms with van der Waals surface area (Å²) in [6, 6.07) is 0. The molecule has 2 aliphatic rings. The number of piperidine rings is 1. The van der Waals surface area contributed by atoms with Gasteiger partial charge in [0.15, 0.2) is 0 Å². The zero-order valence-corrected chi connectivity index (χ0v) is 8.47. The number of hydrogen-bond acceptors (Lipinski definition) is 0. The van der Waals surface area contributed by atoms with E-state index >= 15 is 0 Å². The summed E-state index contributed by atoms with van der Waals surface area (Å²) in [5, 5.41) is 0. The van der Waals surface area contributed by atoms with Crippen molar-refractivity contribution >= 4 is 0 Å². The Morgan fingerprint density at radius 2 is 1.83 bits per heavy atom. The normalized spacial score (nSPS) is 48.5. The number of nitrogens with one attached hydrogen (secondary N) is 1. The van der Waals surface area contributed by atoms with E-state index < -0.39 is 0 Å². The average Bonchev–Trinajstić information content (AvgIpc) is 2.04. The van der Waals surface area contributed by atoms with E-state index in [0.717, 1.165) is 17.8 Å². The number of quaternary nitrogens is 1. The van der Waals surface area contributed by atoms with Crippen molar-refractivity contribution in [1.82, 2.24) is 0 Å². The van der Waals surface area contributed by atoms with Crippen LogP contribution in [0.25, 0.3) is 0 Å². The lowest BCUT2D eigenvalue weighted by atomic mass is 9.70. The number of fused-ring (bicyclic) bond motifs is 1. The average molecular weight is 168 g/mol. The molecule has 0 aromatic heterocycles. The molecule has 12 heavy (non-hydrogen) atoms. The first-order valence-electron chi connectivity index (χ1n) is 5.58. The van der Waals surface area contributed by atoms with Crippen LogP contribution in [-0.2, 0) is 0 Å². The van der Waals surface area contributed by atoms with Crippen LogP contribution in [0.4, 0.5) is 0 Å². The summed E-state index contributed by atoms with van der Waals surface area (Å²) in [7, 11) is 2.36. The van der Waals surface area contributed by atoms with Crippen LogP contribution < -0.4 is 4.90 Å². The summed E-state index contributed by atoms with van der Waals surface area (Å²) in [6.07, 6.45) is 6.05. The molecule has 0 radical (unpaired) electrons. The van der Waals surface area contributed by atoms with Crippen molar-refractivity contribution in [3.8, 4) is 0 Å². The van der Waals surface area contributed by atoms with Gasteiger partial charge in [0.1, 0.15) is 0 Å². The van der Waals surface area contributed by atoms with Crippen molar-refractivity contribution in [3.05, 3.63) is 0 Å². The van der Waals surface area contributed by atoms with Gasteiger partial charge in [0.25, 0.3) is 0 Å². The summed E-state index contributed by atoms with van der Waals surface area (Å²) in [4.78, 5) is 1.77. The number of rotatable bonds is 0. The van der Waals surface area contributed by atoms with Gasteiger partial charge in [-0.25, -0.2) is 0 Å². The molecule has 2 fully saturated rings. The zero-order chi connectivity index (χ0) is 8.55. The summed E-state index contributed by atoms with van der Waals surface area (Å²) in [5.74, 6) is 3.15. The first-order chi connectivity index (χ1) is 5.77. The smallest absolute Gasteiger partial charge is 0.0800 e. The summed E-state index contributed by atoms with van der Waals surface area (Å²) < 4.78 is 0. The first kappa shape index (κ1) is 8.55. The van der Waals surface area contributed by atoms with E-state index in [0.29, 0.717) is 0 Å². The van der Waals surface area contributed by atoms with Crippen LogP contribution >= 0.6 is 0 Å². The maximum Gasteiger partial charge on any atom is 0.0800 e. The van der Waals surface area contributed by atoms with Crippen LogP contribution in [0.15, 0.2) is 0 Å². The largest absolute Gasteiger partial charge is 0.337 e. The Kier molecular flexibility index (Phi) is 2.40. The zero-order valence-electron chi connectivity index (χ0n) is 8.47. The lowest BCUT2D eigenvalue weighted by Crippen LogP contribution is -3.12. The molecule has 0 spiro atoms. The van der Waals surface area contributed by atoms with Gasteiger partial charge in [-0.3, -0.25) is 0 Å². The van der Waals surface area contributed by atoms with Gasteiger partial charge in [0.05, 0.1) is 20.1 Å². The van der Waals surface area contributed by atoms with Crippen molar-refractivity contribution < 1.29 is 4.90 Å². The number of hydrogen-bond donors (Lipinski definition) is 1. The quantitative estimate of drug-likeness (QED) is 0.549. The molecule has 0 aromatic carbocycles. The molecule has 2 rings (SSSR count). The Labute approximate surface area is 76.1 Å². The van der Waals surface area contributed by atoms with Crippen LogP contribution in [0.2, 0.25) is 0 Å². The Bertz CT molecular complexity index is 155. The predicted molar refractivity (Wildman–Crippen MR) is 51.2 cm³/mol. The Balaban J connectivity index is 2.01. The Morgan fingerprint density at radius 1 is 1.08 bits per heavy atom. The second kappa shape index (κ2) is 3.37. The van der Waals surface area contributed by atoms with E-state index in [4.69, 9.17) is 0 Å². The highest BCUT2D eigenvalue weighted by molar-refractivity contribution is 4.80. The lowest BCUT2D eigenvalue weighted by Gasteiger charge is -2.41. The summed E-state index contributed by atoms with van der Waals surface area (Å²) in [6.45, 7) is 5.34. The third kappa shape index (κ3) is 1.52. The fourth-order valence-corrected chi connectivity index (χ4v) is 3.47. The monoisotopic (exact) mass is 168 g/mol. The molecular formula is C11H22N+. The van der Waals surface area contributed by atoms with Gasteiger partial charge in [-0.2, -0.15) is 0 Å². The van der Waals surface area contributed by atoms with Crippen molar-refractivity contribution in [2.75, 3.05) is 20.1 Å². The fraction of sp³-hybridized carbons (Fsp3) is 1.00. The van der Waals surface area contributed by atoms with Crippen LogP contribution in [0.1, 0.15) is 32.6 Å². The molecule has 0 aromatic rings. The standard InChI is InChI=1S/C11H21N/c1-9-7-12(2)8-10-5-3-4-6-11(9)10/h9-11H,3-8H2,1-2H3/p+1. The van der Waals surface area contributed by atoms with E-state index in [2.05, 4.69) is 14.0 Å². The Hall–Kier alpha value is -0.0400. The molecule has 1 heterocycles. The second-order valence-corrected chi connectivity index (χ2v) is 5.05. The minimum absolute atomic E-state index is 0.990. The molecule has 4 unspecified atom stereocenters. The minimum Gasteiger partial charge on any atom is -0.337 e. The van der Waals surface area contributed by atoms with Crippen molar-refractivity contribution in [2.24, 2.45) is 17.8 Å². The second-order valence-electron chi connectivity index (χ2n) is 5.05. The van der Waals surface area contributed by atoms with Crippen molar-refractivity contribution in [1.29, 1.82) is 0 Å². The third-order valence-electron chi connectivity index (χ3n) is 3.98.